The van der Waals surface area contributed by atoms with Crippen molar-refractivity contribution in [1.82, 2.24) is 4.98 Å². The third kappa shape index (κ3) is 3.50. The number of rotatable bonds is 5. The predicted octanol–water partition coefficient (Wildman–Crippen LogP) is 1.87. The van der Waals surface area contributed by atoms with E-state index >= 15 is 0 Å². The monoisotopic (exact) mass is 199 g/mol. The molecule has 1 rings (SSSR count). The molecule has 0 spiro atoms. The van der Waals surface area contributed by atoms with E-state index in [1.54, 1.807) is 12.5 Å². The van der Waals surface area contributed by atoms with Crippen LogP contribution < -0.4 is 5.73 Å². The van der Waals surface area contributed by atoms with Crippen LogP contribution in [0.4, 0.5) is 0 Å². The van der Waals surface area contributed by atoms with Crippen LogP contribution in [0, 0.1) is 5.41 Å². The first kappa shape index (κ1) is 10.1. The summed E-state index contributed by atoms with van der Waals surface area (Å²) < 4.78 is 5.09. The number of aromatic nitrogens is 1. The molecule has 72 valence electrons. The van der Waals surface area contributed by atoms with Gasteiger partial charge in [0, 0.05) is 11.7 Å². The molecule has 1 unspecified atom stereocenters. The van der Waals surface area contributed by atoms with E-state index in [-0.39, 0.29) is 11.1 Å². The number of amidine groups is 1. The summed E-state index contributed by atoms with van der Waals surface area (Å²) in [6.07, 6.45) is 4.70. The predicted molar refractivity (Wildman–Crippen MR) is 53.0 cm³/mol. The SMILES string of the molecule is CCC(CC(=N)N)Sc1ncco1. The molecule has 13 heavy (non-hydrogen) atoms. The number of hydrogen-bond donors (Lipinski definition) is 2. The largest absolute Gasteiger partial charge is 0.440 e. The Morgan fingerprint density at radius 2 is 2.62 bits per heavy atom. The van der Waals surface area contributed by atoms with Gasteiger partial charge in [0.05, 0.1) is 12.0 Å². The molecule has 4 nitrogen and oxygen atoms in total. The van der Waals surface area contributed by atoms with Crippen LogP contribution in [-0.2, 0) is 0 Å². The topological polar surface area (TPSA) is 75.9 Å². The first-order valence-corrected chi connectivity index (χ1v) is 4.99. The van der Waals surface area contributed by atoms with Crippen molar-refractivity contribution in [3.05, 3.63) is 12.5 Å². The molecule has 0 aliphatic rings. The second-order valence-corrected chi connectivity index (χ2v) is 3.93. The van der Waals surface area contributed by atoms with E-state index in [9.17, 15) is 0 Å². The summed E-state index contributed by atoms with van der Waals surface area (Å²) in [5.41, 5.74) is 5.32. The van der Waals surface area contributed by atoms with Crippen LogP contribution in [0.1, 0.15) is 19.8 Å². The second kappa shape index (κ2) is 4.91. The highest BCUT2D eigenvalue weighted by molar-refractivity contribution is 7.99. The molecule has 0 aliphatic carbocycles. The minimum absolute atomic E-state index is 0.214. The zero-order chi connectivity index (χ0) is 9.68. The van der Waals surface area contributed by atoms with Gasteiger partial charge in [-0.15, -0.1) is 0 Å². The lowest BCUT2D eigenvalue weighted by Crippen LogP contribution is -2.16. The average Bonchev–Trinajstić information content (AvgIpc) is 2.55. The van der Waals surface area contributed by atoms with E-state index in [1.165, 1.54) is 11.8 Å². The molecule has 3 N–H and O–H groups in total. The highest BCUT2D eigenvalue weighted by Gasteiger charge is 2.11. The van der Waals surface area contributed by atoms with Gasteiger partial charge in [-0.2, -0.15) is 0 Å². The first-order chi connectivity index (χ1) is 6.22. The lowest BCUT2D eigenvalue weighted by molar-refractivity contribution is 0.453. The van der Waals surface area contributed by atoms with Crippen molar-refractivity contribution in [2.24, 2.45) is 5.73 Å². The van der Waals surface area contributed by atoms with Gasteiger partial charge in [0.1, 0.15) is 6.26 Å². The number of thioether (sulfide) groups is 1. The molecular weight excluding hydrogens is 186 g/mol. The molecule has 1 heterocycles. The van der Waals surface area contributed by atoms with Crippen LogP contribution in [-0.4, -0.2) is 16.1 Å². The van der Waals surface area contributed by atoms with Crippen molar-refractivity contribution in [2.45, 2.75) is 30.2 Å². The maximum Gasteiger partial charge on any atom is 0.255 e. The molecule has 1 aromatic heterocycles. The quantitative estimate of drug-likeness (QED) is 0.431. The molecule has 0 aromatic carbocycles. The minimum atomic E-state index is 0.214. The molecule has 1 atom stereocenters. The molecule has 5 heteroatoms. The van der Waals surface area contributed by atoms with Gasteiger partial charge in [-0.1, -0.05) is 18.7 Å². The van der Waals surface area contributed by atoms with Crippen LogP contribution in [0.15, 0.2) is 22.1 Å². The summed E-state index contributed by atoms with van der Waals surface area (Å²) in [7, 11) is 0. The van der Waals surface area contributed by atoms with Gasteiger partial charge < -0.3 is 10.2 Å². The van der Waals surface area contributed by atoms with E-state index in [4.69, 9.17) is 15.6 Å². The Bertz CT molecular complexity index is 260. The van der Waals surface area contributed by atoms with Crippen molar-refractivity contribution in [3.8, 4) is 0 Å². The number of oxazole rings is 1. The third-order valence-electron chi connectivity index (χ3n) is 1.58. The smallest absolute Gasteiger partial charge is 0.255 e. The van der Waals surface area contributed by atoms with Crippen LogP contribution in [0.2, 0.25) is 0 Å². The van der Waals surface area contributed by atoms with Crippen LogP contribution in [0.25, 0.3) is 0 Å². The van der Waals surface area contributed by atoms with E-state index in [0.717, 1.165) is 6.42 Å². The van der Waals surface area contributed by atoms with E-state index in [0.29, 0.717) is 11.6 Å². The fourth-order valence-corrected chi connectivity index (χ4v) is 1.87. The maximum absolute atomic E-state index is 7.17. The summed E-state index contributed by atoms with van der Waals surface area (Å²) in [6, 6.07) is 0. The molecule has 0 fully saturated rings. The van der Waals surface area contributed by atoms with E-state index in [1.807, 2.05) is 0 Å². The van der Waals surface area contributed by atoms with E-state index < -0.39 is 0 Å². The summed E-state index contributed by atoms with van der Waals surface area (Å²) in [4.78, 5) is 4.00. The van der Waals surface area contributed by atoms with Gasteiger partial charge in [0.25, 0.3) is 5.22 Å². The Morgan fingerprint density at radius 3 is 3.08 bits per heavy atom. The normalized spacial score (nSPS) is 12.7. The van der Waals surface area contributed by atoms with Crippen LogP contribution in [0.5, 0.6) is 0 Å². The van der Waals surface area contributed by atoms with Gasteiger partial charge in [0.2, 0.25) is 0 Å². The van der Waals surface area contributed by atoms with Gasteiger partial charge in [-0.3, -0.25) is 5.41 Å². The molecule has 0 saturated heterocycles. The summed E-state index contributed by atoms with van der Waals surface area (Å²) in [6.45, 7) is 2.06. The number of nitrogens with two attached hydrogens (primary N) is 1. The Balaban J connectivity index is 2.45. The van der Waals surface area contributed by atoms with Gasteiger partial charge in [-0.25, -0.2) is 4.98 Å². The minimum Gasteiger partial charge on any atom is -0.440 e. The number of hydrogen-bond acceptors (Lipinski definition) is 4. The molecule has 0 radical (unpaired) electrons. The molecular formula is C8H13N3OS. The number of nitrogens with zero attached hydrogens (tertiary/aromatic N) is 1. The van der Waals surface area contributed by atoms with Crippen molar-refractivity contribution in [2.75, 3.05) is 0 Å². The van der Waals surface area contributed by atoms with Crippen molar-refractivity contribution in [1.29, 1.82) is 5.41 Å². The Kier molecular flexibility index (Phi) is 3.82. The fourth-order valence-electron chi connectivity index (χ4n) is 0.926. The van der Waals surface area contributed by atoms with Gasteiger partial charge in [0.15, 0.2) is 0 Å². The van der Waals surface area contributed by atoms with Crippen LogP contribution in [0.3, 0.4) is 0 Å². The standard InChI is InChI=1S/C8H13N3OS/c1-2-6(5-7(9)10)13-8-11-3-4-12-8/h3-4,6H,2,5H2,1H3,(H3,9,10). The molecule has 0 saturated carbocycles. The summed E-state index contributed by atoms with van der Waals surface area (Å²) in [5, 5.41) is 8.10. The van der Waals surface area contributed by atoms with Crippen molar-refractivity contribution < 1.29 is 4.42 Å². The molecule has 0 aliphatic heterocycles. The summed E-state index contributed by atoms with van der Waals surface area (Å²) >= 11 is 1.53. The Labute approximate surface area is 81.4 Å². The first-order valence-electron chi connectivity index (χ1n) is 4.11. The van der Waals surface area contributed by atoms with Gasteiger partial charge in [-0.05, 0) is 6.42 Å². The highest BCUT2D eigenvalue weighted by Crippen LogP contribution is 2.25. The zero-order valence-corrected chi connectivity index (χ0v) is 8.30. The number of nitrogens with one attached hydrogen (secondary N) is 1. The molecule has 0 bridgehead atoms. The van der Waals surface area contributed by atoms with Crippen molar-refractivity contribution >= 4 is 17.6 Å². The third-order valence-corrected chi connectivity index (χ3v) is 2.82. The highest BCUT2D eigenvalue weighted by atomic mass is 32.2. The van der Waals surface area contributed by atoms with Crippen LogP contribution >= 0.6 is 11.8 Å². The Hall–Kier alpha value is -0.970. The molecule has 0 amide bonds. The molecule has 1 aromatic rings. The summed E-state index contributed by atoms with van der Waals surface area (Å²) in [5.74, 6) is 0.214. The van der Waals surface area contributed by atoms with Gasteiger partial charge >= 0.3 is 0 Å². The van der Waals surface area contributed by atoms with E-state index in [2.05, 4.69) is 11.9 Å². The zero-order valence-electron chi connectivity index (χ0n) is 7.49. The Morgan fingerprint density at radius 1 is 1.85 bits per heavy atom. The average molecular weight is 199 g/mol. The lowest BCUT2D eigenvalue weighted by atomic mass is 10.2. The van der Waals surface area contributed by atoms with Crippen molar-refractivity contribution in [3.63, 3.8) is 0 Å². The fraction of sp³-hybridized carbons (Fsp3) is 0.500. The second-order valence-electron chi connectivity index (χ2n) is 2.68. The lowest BCUT2D eigenvalue weighted by Gasteiger charge is -2.09. The maximum atomic E-state index is 7.17.